The summed E-state index contributed by atoms with van der Waals surface area (Å²) in [6, 6.07) is 0. The molecular weight excluding hydrogens is 220 g/mol. The topological polar surface area (TPSA) is 36.9 Å². The lowest BCUT2D eigenvalue weighted by Crippen LogP contribution is -2.46. The van der Waals surface area contributed by atoms with Crippen molar-refractivity contribution in [2.75, 3.05) is 28.4 Å². The van der Waals surface area contributed by atoms with Crippen LogP contribution in [0.25, 0.3) is 0 Å². The predicted molar refractivity (Wildman–Crippen MR) is 63.5 cm³/mol. The van der Waals surface area contributed by atoms with Crippen molar-refractivity contribution < 1.29 is 18.9 Å². The van der Waals surface area contributed by atoms with Crippen LogP contribution in [0.4, 0.5) is 0 Å². The highest BCUT2D eigenvalue weighted by atomic mass is 16.7. The van der Waals surface area contributed by atoms with E-state index >= 15 is 0 Å². The van der Waals surface area contributed by atoms with Crippen LogP contribution in [-0.4, -0.2) is 41.0 Å². The van der Waals surface area contributed by atoms with Crippen LogP contribution in [0.5, 0.6) is 0 Å². The van der Waals surface area contributed by atoms with Gasteiger partial charge in [-0.3, -0.25) is 0 Å². The van der Waals surface area contributed by atoms with E-state index in [-0.39, 0.29) is 18.0 Å². The van der Waals surface area contributed by atoms with Gasteiger partial charge in [0.15, 0.2) is 12.6 Å². The van der Waals surface area contributed by atoms with Gasteiger partial charge >= 0.3 is 0 Å². The minimum atomic E-state index is -0.146. The maximum Gasteiger partial charge on any atom is 0.162 e. The van der Waals surface area contributed by atoms with Gasteiger partial charge in [-0.15, -0.1) is 0 Å². The predicted octanol–water partition coefficient (Wildman–Crippen LogP) is 2.03. The monoisotopic (exact) mass is 244 g/mol. The second-order valence-electron chi connectivity index (χ2n) is 5.33. The van der Waals surface area contributed by atoms with Crippen molar-refractivity contribution in [2.24, 2.45) is 17.3 Å². The van der Waals surface area contributed by atoms with Crippen LogP contribution < -0.4 is 0 Å². The van der Waals surface area contributed by atoms with Gasteiger partial charge in [-0.1, -0.05) is 0 Å². The highest BCUT2D eigenvalue weighted by Crippen LogP contribution is 2.61. The fourth-order valence-corrected chi connectivity index (χ4v) is 4.11. The molecule has 2 fully saturated rings. The van der Waals surface area contributed by atoms with E-state index in [1.165, 1.54) is 12.8 Å². The van der Waals surface area contributed by atoms with Gasteiger partial charge in [-0.25, -0.2) is 0 Å². The molecule has 0 radical (unpaired) electrons. The second kappa shape index (κ2) is 5.22. The number of hydrogen-bond donors (Lipinski definition) is 0. The quantitative estimate of drug-likeness (QED) is 0.670. The first-order valence-electron chi connectivity index (χ1n) is 6.33. The third-order valence-electron chi connectivity index (χ3n) is 4.70. The van der Waals surface area contributed by atoms with Gasteiger partial charge in [-0.05, 0) is 31.6 Å². The SMILES string of the molecule is COC(OC)[C@@H]1C[C@@H]2CC[C@@]1(C(OC)OC)C2. The number of ether oxygens (including phenoxy) is 4. The van der Waals surface area contributed by atoms with Gasteiger partial charge < -0.3 is 18.9 Å². The number of fused-ring (bicyclic) bond motifs is 2. The summed E-state index contributed by atoms with van der Waals surface area (Å²) in [4.78, 5) is 0. The molecule has 0 heterocycles. The Bertz CT molecular complexity index is 250. The molecule has 100 valence electrons. The Hall–Kier alpha value is -0.160. The minimum absolute atomic E-state index is 0.0743. The van der Waals surface area contributed by atoms with Gasteiger partial charge in [0.05, 0.1) is 0 Å². The van der Waals surface area contributed by atoms with Crippen LogP contribution in [0.3, 0.4) is 0 Å². The van der Waals surface area contributed by atoms with Crippen molar-refractivity contribution in [3.8, 4) is 0 Å². The summed E-state index contributed by atoms with van der Waals surface area (Å²) in [5, 5.41) is 0. The first-order chi connectivity index (χ1) is 8.21. The Labute approximate surface area is 104 Å². The molecule has 4 heteroatoms. The molecule has 3 atom stereocenters. The summed E-state index contributed by atoms with van der Waals surface area (Å²) in [5.41, 5.74) is 0.0743. The van der Waals surface area contributed by atoms with Gasteiger partial charge in [0.2, 0.25) is 0 Å². The van der Waals surface area contributed by atoms with Crippen molar-refractivity contribution in [2.45, 2.75) is 38.3 Å². The van der Waals surface area contributed by atoms with Gasteiger partial charge in [0.25, 0.3) is 0 Å². The highest BCUT2D eigenvalue weighted by Gasteiger charge is 2.59. The molecule has 0 aromatic carbocycles. The van der Waals surface area contributed by atoms with Gasteiger partial charge in [-0.2, -0.15) is 0 Å². The van der Waals surface area contributed by atoms with E-state index in [1.54, 1.807) is 28.4 Å². The standard InChI is InChI=1S/C13H24O4/c1-14-11(15-2)10-7-9-5-6-13(10,8-9)12(16-3)17-4/h9-12H,5-8H2,1-4H3/t9-,10-,13+/m0/s1. The molecule has 0 N–H and O–H groups in total. The van der Waals surface area contributed by atoms with E-state index in [0.717, 1.165) is 18.8 Å². The lowest BCUT2D eigenvalue weighted by atomic mass is 9.73. The molecule has 0 aliphatic heterocycles. The summed E-state index contributed by atoms with van der Waals surface area (Å²) in [6.45, 7) is 0. The van der Waals surface area contributed by atoms with Crippen LogP contribution in [0.1, 0.15) is 25.7 Å². The van der Waals surface area contributed by atoms with Crippen molar-refractivity contribution in [3.63, 3.8) is 0 Å². The molecule has 0 saturated heterocycles. The van der Waals surface area contributed by atoms with E-state index in [9.17, 15) is 0 Å². The van der Waals surface area contributed by atoms with Crippen molar-refractivity contribution in [3.05, 3.63) is 0 Å². The number of hydrogen-bond acceptors (Lipinski definition) is 4. The van der Waals surface area contributed by atoms with Crippen LogP contribution >= 0.6 is 0 Å². The maximum atomic E-state index is 5.54. The molecule has 17 heavy (non-hydrogen) atoms. The highest BCUT2D eigenvalue weighted by molar-refractivity contribution is 5.04. The molecule has 0 spiro atoms. The first-order valence-corrected chi connectivity index (χ1v) is 6.33. The number of methoxy groups -OCH3 is 4. The minimum Gasteiger partial charge on any atom is -0.356 e. The molecule has 2 bridgehead atoms. The van der Waals surface area contributed by atoms with Gasteiger partial charge in [0.1, 0.15) is 0 Å². The van der Waals surface area contributed by atoms with E-state index in [1.807, 2.05) is 0 Å². The Morgan fingerprint density at radius 1 is 1.00 bits per heavy atom. The zero-order chi connectivity index (χ0) is 12.5. The summed E-state index contributed by atoms with van der Waals surface area (Å²) in [5.74, 6) is 1.15. The molecule has 2 rings (SSSR count). The average Bonchev–Trinajstić information content (AvgIpc) is 2.91. The molecule has 0 aromatic heterocycles. The molecule has 2 aliphatic rings. The van der Waals surface area contributed by atoms with Crippen molar-refractivity contribution in [1.82, 2.24) is 0 Å². The third-order valence-corrected chi connectivity index (χ3v) is 4.70. The molecule has 0 aromatic rings. The molecule has 0 unspecified atom stereocenters. The first kappa shape index (κ1) is 13.3. The van der Waals surface area contributed by atoms with Gasteiger partial charge in [0, 0.05) is 39.8 Å². The van der Waals surface area contributed by atoms with Crippen molar-refractivity contribution >= 4 is 0 Å². The fraction of sp³-hybridized carbons (Fsp3) is 1.00. The summed E-state index contributed by atoms with van der Waals surface area (Å²) < 4.78 is 22.0. The van der Waals surface area contributed by atoms with Crippen molar-refractivity contribution in [1.29, 1.82) is 0 Å². The largest absolute Gasteiger partial charge is 0.356 e. The van der Waals surface area contributed by atoms with Crippen LogP contribution in [-0.2, 0) is 18.9 Å². The Kier molecular flexibility index (Phi) is 4.08. The summed E-state index contributed by atoms with van der Waals surface area (Å²) in [6.07, 6.45) is 4.47. The molecule has 2 aliphatic carbocycles. The molecule has 2 saturated carbocycles. The zero-order valence-corrected chi connectivity index (χ0v) is 11.3. The summed E-state index contributed by atoms with van der Waals surface area (Å²) >= 11 is 0. The average molecular weight is 244 g/mol. The normalized spacial score (nSPS) is 36.4. The maximum absolute atomic E-state index is 5.54. The molecular formula is C13H24O4. The Balaban J connectivity index is 2.21. The van der Waals surface area contributed by atoms with E-state index in [2.05, 4.69) is 0 Å². The Morgan fingerprint density at radius 3 is 2.12 bits per heavy atom. The Morgan fingerprint density at radius 2 is 1.65 bits per heavy atom. The van der Waals surface area contributed by atoms with E-state index in [0.29, 0.717) is 5.92 Å². The second-order valence-corrected chi connectivity index (χ2v) is 5.33. The van der Waals surface area contributed by atoms with Crippen LogP contribution in [0.15, 0.2) is 0 Å². The molecule has 0 amide bonds. The lowest BCUT2D eigenvalue weighted by molar-refractivity contribution is -0.234. The summed E-state index contributed by atoms with van der Waals surface area (Å²) in [7, 11) is 6.87. The lowest BCUT2D eigenvalue weighted by Gasteiger charge is -2.42. The fourth-order valence-electron chi connectivity index (χ4n) is 4.11. The van der Waals surface area contributed by atoms with Crippen LogP contribution in [0, 0.1) is 17.3 Å². The third kappa shape index (κ3) is 2.01. The van der Waals surface area contributed by atoms with E-state index in [4.69, 9.17) is 18.9 Å². The zero-order valence-electron chi connectivity index (χ0n) is 11.3. The number of rotatable bonds is 6. The smallest absolute Gasteiger partial charge is 0.162 e. The van der Waals surface area contributed by atoms with E-state index < -0.39 is 0 Å². The molecule has 4 nitrogen and oxygen atoms in total. The van der Waals surface area contributed by atoms with Crippen LogP contribution in [0.2, 0.25) is 0 Å².